The number of thiazole rings is 2. The van der Waals surface area contributed by atoms with Gasteiger partial charge in [0.05, 0.1) is 38.9 Å². The smallest absolute Gasteiger partial charge is 0.123 e. The highest BCUT2D eigenvalue weighted by Gasteiger charge is 2.46. The summed E-state index contributed by atoms with van der Waals surface area (Å²) in [5.41, 5.74) is 16.1. The van der Waals surface area contributed by atoms with Gasteiger partial charge in [0.25, 0.3) is 0 Å². The van der Waals surface area contributed by atoms with Crippen molar-refractivity contribution in [1.82, 2.24) is 29.9 Å². The molecule has 0 unspecified atom stereocenters. The molecule has 0 saturated heterocycles. The molecule has 0 N–H and O–H groups in total. The van der Waals surface area contributed by atoms with Crippen molar-refractivity contribution in [1.29, 1.82) is 0 Å². The zero-order chi connectivity index (χ0) is 41.5. The Balaban J connectivity index is 1.03. The van der Waals surface area contributed by atoms with Crippen molar-refractivity contribution in [2.45, 2.75) is 5.41 Å². The van der Waals surface area contributed by atoms with Crippen molar-refractivity contribution in [2.75, 3.05) is 0 Å². The summed E-state index contributed by atoms with van der Waals surface area (Å²) in [7, 11) is 0. The topological polar surface area (TPSA) is 77.3 Å². The number of aromatic nitrogens is 6. The first-order valence-electron chi connectivity index (χ1n) is 20.8. The zero-order valence-electron chi connectivity index (χ0n) is 33.5. The van der Waals surface area contributed by atoms with E-state index in [1.807, 2.05) is 47.7 Å². The Labute approximate surface area is 370 Å². The van der Waals surface area contributed by atoms with Gasteiger partial charge in [-0.25, -0.2) is 19.9 Å². The van der Waals surface area contributed by atoms with Gasteiger partial charge in [0.15, 0.2) is 0 Å². The van der Waals surface area contributed by atoms with Gasteiger partial charge in [-0.2, -0.15) is 0 Å². The second kappa shape index (κ2) is 14.1. The summed E-state index contributed by atoms with van der Waals surface area (Å²) in [6.07, 6.45) is 7.44. The number of fused-ring (bicyclic) bond motifs is 9. The van der Waals surface area contributed by atoms with Crippen LogP contribution in [0, 0.1) is 0 Å². The van der Waals surface area contributed by atoms with Crippen LogP contribution in [0.15, 0.2) is 193 Å². The van der Waals surface area contributed by atoms with Crippen molar-refractivity contribution in [3.63, 3.8) is 0 Å². The fourth-order valence-corrected chi connectivity index (χ4v) is 10.9. The number of hydrogen-bond acceptors (Lipinski definition) is 8. The van der Waals surface area contributed by atoms with Crippen LogP contribution in [-0.4, -0.2) is 29.9 Å². The highest BCUT2D eigenvalue weighted by Crippen LogP contribution is 2.58. The second-order valence-electron chi connectivity index (χ2n) is 15.9. The summed E-state index contributed by atoms with van der Waals surface area (Å²) in [4.78, 5) is 29.4. The minimum Gasteiger partial charge on any atom is -0.254 e. The monoisotopic (exact) mass is 840 g/mol. The van der Waals surface area contributed by atoms with E-state index in [4.69, 9.17) is 29.9 Å². The maximum absolute atomic E-state index is 5.22. The average molecular weight is 841 g/mol. The summed E-state index contributed by atoms with van der Waals surface area (Å²) < 4.78 is 0. The van der Waals surface area contributed by atoms with Crippen LogP contribution in [0.2, 0.25) is 0 Å². The van der Waals surface area contributed by atoms with Crippen LogP contribution >= 0.6 is 22.7 Å². The van der Waals surface area contributed by atoms with Crippen LogP contribution in [-0.2, 0) is 5.41 Å². The zero-order valence-corrected chi connectivity index (χ0v) is 35.1. The fourth-order valence-electron chi connectivity index (χ4n) is 9.66. The Bertz CT molecular complexity index is 3480. The number of rotatable bonds is 6. The lowest BCUT2D eigenvalue weighted by Crippen LogP contribution is -2.28. The molecule has 8 heteroatoms. The third-order valence-electron chi connectivity index (χ3n) is 12.6. The first kappa shape index (κ1) is 35.9. The van der Waals surface area contributed by atoms with Gasteiger partial charge in [-0.05, 0) is 69.8 Å². The van der Waals surface area contributed by atoms with Crippen LogP contribution in [0.5, 0.6) is 0 Å². The maximum atomic E-state index is 5.22. The van der Waals surface area contributed by atoms with Crippen LogP contribution in [0.3, 0.4) is 0 Å². The van der Waals surface area contributed by atoms with Crippen LogP contribution in [0.1, 0.15) is 22.3 Å². The van der Waals surface area contributed by atoms with Crippen LogP contribution in [0.25, 0.3) is 98.4 Å². The molecular weight excluding hydrogens is 809 g/mol. The molecule has 0 aliphatic heterocycles. The van der Waals surface area contributed by atoms with Gasteiger partial charge in [0, 0.05) is 79.3 Å². The summed E-state index contributed by atoms with van der Waals surface area (Å²) in [5.74, 6) is 0. The lowest BCUT2D eigenvalue weighted by atomic mass is 9.67. The second-order valence-corrected chi connectivity index (χ2v) is 17.7. The van der Waals surface area contributed by atoms with Gasteiger partial charge in [0.1, 0.15) is 10.0 Å². The van der Waals surface area contributed by atoms with E-state index in [1.54, 1.807) is 22.7 Å². The molecule has 0 amide bonds. The summed E-state index contributed by atoms with van der Waals surface area (Å²) in [5, 5.41) is 10.4. The van der Waals surface area contributed by atoms with Gasteiger partial charge in [0.2, 0.25) is 0 Å². The van der Waals surface area contributed by atoms with Crippen LogP contribution < -0.4 is 0 Å². The predicted molar refractivity (Wildman–Crippen MR) is 258 cm³/mol. The molecule has 6 nitrogen and oxygen atoms in total. The molecule has 0 bridgehead atoms. The Kier molecular flexibility index (Phi) is 8.06. The van der Waals surface area contributed by atoms with E-state index in [1.165, 1.54) is 22.3 Å². The summed E-state index contributed by atoms with van der Waals surface area (Å²) in [6, 6.07) is 56.9. The van der Waals surface area contributed by atoms with E-state index in [0.29, 0.717) is 0 Å². The number of pyridine rings is 4. The van der Waals surface area contributed by atoms with E-state index in [9.17, 15) is 0 Å². The molecule has 0 radical (unpaired) electrons. The van der Waals surface area contributed by atoms with E-state index >= 15 is 0 Å². The average Bonchev–Trinajstić information content (AvgIpc) is 4.15. The molecule has 1 aliphatic carbocycles. The Morgan fingerprint density at radius 3 is 1.19 bits per heavy atom. The quantitative estimate of drug-likeness (QED) is 0.155. The molecule has 0 saturated carbocycles. The van der Waals surface area contributed by atoms with Crippen LogP contribution in [0.4, 0.5) is 0 Å². The minimum atomic E-state index is -0.698. The van der Waals surface area contributed by atoms with E-state index in [-0.39, 0.29) is 0 Å². The van der Waals surface area contributed by atoms with Crippen molar-refractivity contribution in [3.8, 4) is 54.8 Å². The van der Waals surface area contributed by atoms with Crippen molar-refractivity contribution >= 4 is 66.3 Å². The van der Waals surface area contributed by atoms with Crippen molar-refractivity contribution < 1.29 is 0 Å². The normalized spacial score (nSPS) is 12.9. The van der Waals surface area contributed by atoms with Crippen molar-refractivity contribution in [3.05, 3.63) is 216 Å². The molecule has 6 heterocycles. The van der Waals surface area contributed by atoms with Gasteiger partial charge in [-0.1, -0.05) is 121 Å². The van der Waals surface area contributed by atoms with Gasteiger partial charge < -0.3 is 0 Å². The lowest BCUT2D eigenvalue weighted by molar-refractivity contribution is 0.769. The SMILES string of the molecule is c1cnc2c(c1)ccc1ccc(-c3ccc(C4(c5ccc(-c6ccc7ccc8cccnc8c7n6)cc5)c5cc(-c6nccs6)ccc5-c5ccc(-c6nccs6)cc54)cc3)nc12. The van der Waals surface area contributed by atoms with Gasteiger partial charge in [-0.15, -0.1) is 22.7 Å². The summed E-state index contributed by atoms with van der Waals surface area (Å²) >= 11 is 3.32. The molecule has 294 valence electrons. The molecule has 0 fully saturated rings. The van der Waals surface area contributed by atoms with E-state index in [2.05, 4.69) is 146 Å². The molecule has 1 aliphatic rings. The number of nitrogens with zero attached hydrogens (tertiary/aromatic N) is 6. The van der Waals surface area contributed by atoms with Gasteiger partial charge >= 0.3 is 0 Å². The third-order valence-corrected chi connectivity index (χ3v) is 14.2. The molecule has 6 aromatic carbocycles. The maximum Gasteiger partial charge on any atom is 0.123 e. The molecule has 13 rings (SSSR count). The highest BCUT2D eigenvalue weighted by molar-refractivity contribution is 7.13. The Hall–Kier alpha value is -7.78. The van der Waals surface area contributed by atoms with E-state index < -0.39 is 5.41 Å². The molecule has 63 heavy (non-hydrogen) atoms. The van der Waals surface area contributed by atoms with Crippen molar-refractivity contribution in [2.24, 2.45) is 0 Å². The highest BCUT2D eigenvalue weighted by atomic mass is 32.1. The molecule has 0 atom stereocenters. The standard InChI is InChI=1S/C55H32N6S2/c1-3-35-5-7-37-15-23-47(60-51(37)49(35)56-25-1)33-9-17-41(18-10-33)55(42-19-11-34(12-20-42)48-24-16-38-8-6-36-4-2-26-57-50(36)52(38)61-48)45-31-39(53-58-27-29-62-53)13-21-43(45)44-22-14-40(32-46(44)55)54-59-28-30-63-54/h1-32H. The number of hydrogen-bond donors (Lipinski definition) is 0. The first-order valence-corrected chi connectivity index (χ1v) is 22.5. The first-order chi connectivity index (χ1) is 31.2. The molecular formula is C55H32N6S2. The molecule has 12 aromatic rings. The summed E-state index contributed by atoms with van der Waals surface area (Å²) in [6.45, 7) is 0. The largest absolute Gasteiger partial charge is 0.254 e. The molecule has 0 spiro atoms. The Morgan fingerprint density at radius 1 is 0.349 bits per heavy atom. The molecule has 6 aromatic heterocycles. The lowest BCUT2D eigenvalue weighted by Gasteiger charge is -2.34. The fraction of sp³-hybridized carbons (Fsp3) is 0.0182. The van der Waals surface area contributed by atoms with Gasteiger partial charge in [-0.3, -0.25) is 9.97 Å². The predicted octanol–water partition coefficient (Wildman–Crippen LogP) is 13.8. The number of benzene rings is 6. The Morgan fingerprint density at radius 2 is 0.762 bits per heavy atom. The van der Waals surface area contributed by atoms with E-state index in [0.717, 1.165) is 98.4 Å². The minimum absolute atomic E-state index is 0.698. The third kappa shape index (κ3) is 5.62.